The Kier molecular flexibility index (Phi) is 6.73. The van der Waals surface area contributed by atoms with E-state index in [1.165, 1.54) is 29.0 Å². The second kappa shape index (κ2) is 9.70. The van der Waals surface area contributed by atoms with Crippen LogP contribution in [-0.2, 0) is 11.3 Å². The average molecular weight is 479 g/mol. The molecule has 0 N–H and O–H groups in total. The molecule has 3 aromatic rings. The molecule has 1 aliphatic rings. The van der Waals surface area contributed by atoms with Crippen LogP contribution in [0.4, 0.5) is 8.78 Å². The summed E-state index contributed by atoms with van der Waals surface area (Å²) in [6.45, 7) is -0.431. The van der Waals surface area contributed by atoms with Gasteiger partial charge in [0.1, 0.15) is 10.9 Å². The SMILES string of the molecule is O=CN1CCC(n2c(=O)n(Cc3ccc(Cl)nc3)c(=O)c3cc(OC(F)CF)ccc32)CC1. The number of hydrogen-bond acceptors (Lipinski definition) is 5. The molecule has 1 aromatic carbocycles. The van der Waals surface area contributed by atoms with Gasteiger partial charge >= 0.3 is 5.69 Å². The Morgan fingerprint density at radius 2 is 1.97 bits per heavy atom. The number of halogens is 3. The van der Waals surface area contributed by atoms with Crippen LogP contribution < -0.4 is 16.0 Å². The number of fused-ring (bicyclic) bond motifs is 1. The first-order chi connectivity index (χ1) is 15.9. The minimum Gasteiger partial charge on any atom is -0.458 e. The number of ether oxygens (including phenoxy) is 1. The molecule has 4 rings (SSSR count). The summed E-state index contributed by atoms with van der Waals surface area (Å²) in [6, 6.07) is 7.17. The standard InChI is InChI=1S/C22H21ClF2N4O4/c23-19-4-1-14(11-26-19)12-28-21(31)17-9-16(33-20(25)10-24)2-3-18(17)29(22(28)32)15-5-7-27(13-30)8-6-15/h1-4,9,11,13,15,20H,5-8,10,12H2. The maximum atomic E-state index is 13.5. The van der Waals surface area contributed by atoms with Gasteiger partial charge in [0.05, 0.1) is 17.4 Å². The van der Waals surface area contributed by atoms with Gasteiger partial charge in [-0.05, 0) is 42.7 Å². The highest BCUT2D eigenvalue weighted by molar-refractivity contribution is 6.29. The third-order valence-corrected chi connectivity index (χ3v) is 5.89. The summed E-state index contributed by atoms with van der Waals surface area (Å²) in [5.74, 6) is -0.0227. The number of carbonyl (C=O) groups is 1. The molecular formula is C22H21ClF2N4O4. The van der Waals surface area contributed by atoms with E-state index in [0.717, 1.165) is 11.0 Å². The molecule has 1 unspecified atom stereocenters. The van der Waals surface area contributed by atoms with Crippen molar-refractivity contribution >= 4 is 28.9 Å². The fraction of sp³-hybridized carbons (Fsp3) is 0.364. The number of rotatable bonds is 7. The van der Waals surface area contributed by atoms with E-state index in [9.17, 15) is 23.2 Å². The van der Waals surface area contributed by atoms with Gasteiger partial charge in [-0.25, -0.2) is 14.2 Å². The highest BCUT2D eigenvalue weighted by Gasteiger charge is 2.25. The van der Waals surface area contributed by atoms with Crippen LogP contribution in [0.5, 0.6) is 5.75 Å². The first-order valence-corrected chi connectivity index (χ1v) is 10.7. The number of hydrogen-bond donors (Lipinski definition) is 0. The van der Waals surface area contributed by atoms with Crippen molar-refractivity contribution in [2.45, 2.75) is 31.8 Å². The predicted octanol–water partition coefficient (Wildman–Crippen LogP) is 2.70. The van der Waals surface area contributed by atoms with Crippen LogP contribution in [0.25, 0.3) is 10.9 Å². The molecule has 174 valence electrons. The first-order valence-electron chi connectivity index (χ1n) is 10.4. The molecule has 0 spiro atoms. The summed E-state index contributed by atoms with van der Waals surface area (Å²) in [4.78, 5) is 43.5. The zero-order valence-electron chi connectivity index (χ0n) is 17.5. The van der Waals surface area contributed by atoms with Crippen LogP contribution in [-0.4, -0.2) is 51.6 Å². The summed E-state index contributed by atoms with van der Waals surface area (Å²) in [5.41, 5.74) is -0.141. The van der Waals surface area contributed by atoms with Gasteiger partial charge in [-0.15, -0.1) is 0 Å². The maximum Gasteiger partial charge on any atom is 0.332 e. The van der Waals surface area contributed by atoms with Crippen LogP contribution in [0, 0.1) is 0 Å². The highest BCUT2D eigenvalue weighted by atomic mass is 35.5. The minimum absolute atomic E-state index is 0.0227. The average Bonchev–Trinajstić information content (AvgIpc) is 2.83. The number of nitrogens with zero attached hydrogens (tertiary/aromatic N) is 4. The van der Waals surface area contributed by atoms with Crippen molar-refractivity contribution < 1.29 is 18.3 Å². The Morgan fingerprint density at radius 3 is 2.61 bits per heavy atom. The molecule has 1 atom stereocenters. The maximum absolute atomic E-state index is 13.5. The molecule has 2 aromatic heterocycles. The normalized spacial score (nSPS) is 15.5. The number of benzene rings is 1. The highest BCUT2D eigenvalue weighted by Crippen LogP contribution is 2.26. The van der Waals surface area contributed by atoms with Crippen molar-refractivity contribution in [3.05, 3.63) is 68.1 Å². The Hall–Kier alpha value is -3.27. The molecular weight excluding hydrogens is 458 g/mol. The lowest BCUT2D eigenvalue weighted by molar-refractivity contribution is -0.119. The Balaban J connectivity index is 1.86. The molecule has 1 fully saturated rings. The van der Waals surface area contributed by atoms with Crippen LogP contribution >= 0.6 is 11.6 Å². The van der Waals surface area contributed by atoms with Crippen LogP contribution in [0.2, 0.25) is 5.15 Å². The fourth-order valence-corrected chi connectivity index (χ4v) is 4.15. The minimum atomic E-state index is -2.16. The quantitative estimate of drug-likeness (QED) is 0.385. The van der Waals surface area contributed by atoms with Gasteiger partial charge in [0, 0.05) is 25.3 Å². The molecule has 0 aliphatic carbocycles. The van der Waals surface area contributed by atoms with Crippen molar-refractivity contribution in [1.82, 2.24) is 19.0 Å². The lowest BCUT2D eigenvalue weighted by atomic mass is 10.0. The molecule has 0 radical (unpaired) electrons. The third kappa shape index (κ3) is 4.75. The zero-order valence-corrected chi connectivity index (χ0v) is 18.3. The Labute approximate surface area is 192 Å². The monoisotopic (exact) mass is 478 g/mol. The number of aromatic nitrogens is 3. The molecule has 8 nitrogen and oxygen atoms in total. The number of carbonyl (C=O) groups excluding carboxylic acids is 1. The smallest absolute Gasteiger partial charge is 0.332 e. The van der Waals surface area contributed by atoms with Crippen molar-refractivity contribution in [2.24, 2.45) is 0 Å². The van der Waals surface area contributed by atoms with E-state index >= 15 is 0 Å². The lowest BCUT2D eigenvalue weighted by Gasteiger charge is -2.31. The second-order valence-electron chi connectivity index (χ2n) is 7.77. The summed E-state index contributed by atoms with van der Waals surface area (Å²) in [6.07, 6.45) is 1.14. The van der Waals surface area contributed by atoms with Crippen LogP contribution in [0.3, 0.4) is 0 Å². The summed E-state index contributed by atoms with van der Waals surface area (Å²) in [7, 11) is 0. The van der Waals surface area contributed by atoms with Gasteiger partial charge in [-0.1, -0.05) is 17.7 Å². The molecule has 11 heteroatoms. The summed E-state index contributed by atoms with van der Waals surface area (Å²) >= 11 is 5.83. The second-order valence-corrected chi connectivity index (χ2v) is 8.15. The zero-order chi connectivity index (χ0) is 23.5. The number of likely N-dealkylation sites (tertiary alicyclic amines) is 1. The van der Waals surface area contributed by atoms with E-state index in [1.54, 1.807) is 17.0 Å². The van der Waals surface area contributed by atoms with Crippen molar-refractivity contribution in [3.63, 3.8) is 0 Å². The van der Waals surface area contributed by atoms with E-state index in [4.69, 9.17) is 16.3 Å². The number of amides is 1. The molecule has 1 amide bonds. The summed E-state index contributed by atoms with van der Waals surface area (Å²) < 4.78 is 33.5. The number of alkyl halides is 2. The van der Waals surface area contributed by atoms with Gasteiger partial charge in [0.2, 0.25) is 6.41 Å². The molecule has 0 saturated carbocycles. The van der Waals surface area contributed by atoms with Gasteiger partial charge in [0.15, 0.2) is 6.67 Å². The van der Waals surface area contributed by atoms with E-state index in [2.05, 4.69) is 4.98 Å². The predicted molar refractivity (Wildman–Crippen MR) is 118 cm³/mol. The van der Waals surface area contributed by atoms with E-state index < -0.39 is 24.3 Å². The summed E-state index contributed by atoms with van der Waals surface area (Å²) in [5, 5.41) is 0.414. The van der Waals surface area contributed by atoms with Crippen molar-refractivity contribution in [3.8, 4) is 5.75 Å². The molecule has 3 heterocycles. The van der Waals surface area contributed by atoms with Gasteiger partial charge < -0.3 is 9.64 Å². The van der Waals surface area contributed by atoms with Crippen LogP contribution in [0.15, 0.2) is 46.1 Å². The van der Waals surface area contributed by atoms with E-state index in [1.807, 2.05) is 0 Å². The van der Waals surface area contributed by atoms with Crippen molar-refractivity contribution in [2.75, 3.05) is 19.8 Å². The lowest BCUT2D eigenvalue weighted by Crippen LogP contribution is -2.44. The molecule has 33 heavy (non-hydrogen) atoms. The van der Waals surface area contributed by atoms with Gasteiger partial charge in [-0.3, -0.25) is 18.7 Å². The van der Waals surface area contributed by atoms with Crippen LogP contribution in [0.1, 0.15) is 24.4 Å². The number of piperidine rings is 1. The molecule has 1 saturated heterocycles. The molecule has 1 aliphatic heterocycles. The number of pyridine rings is 1. The Morgan fingerprint density at radius 1 is 1.21 bits per heavy atom. The van der Waals surface area contributed by atoms with E-state index in [-0.39, 0.29) is 28.9 Å². The largest absolute Gasteiger partial charge is 0.458 e. The van der Waals surface area contributed by atoms with Crippen molar-refractivity contribution in [1.29, 1.82) is 0 Å². The Bertz CT molecular complexity index is 1270. The molecule has 0 bridgehead atoms. The van der Waals surface area contributed by atoms with Gasteiger partial charge in [-0.2, -0.15) is 4.39 Å². The van der Waals surface area contributed by atoms with E-state index in [0.29, 0.717) is 37.0 Å². The van der Waals surface area contributed by atoms with Gasteiger partial charge in [0.25, 0.3) is 11.9 Å². The first kappa shape index (κ1) is 22.9. The topological polar surface area (TPSA) is 86.4 Å². The fourth-order valence-electron chi connectivity index (χ4n) is 4.04. The third-order valence-electron chi connectivity index (χ3n) is 5.67.